The van der Waals surface area contributed by atoms with Gasteiger partial charge in [0, 0.05) is 30.3 Å². The van der Waals surface area contributed by atoms with Gasteiger partial charge in [-0.05, 0) is 81.8 Å². The minimum absolute atomic E-state index is 0.0472. The summed E-state index contributed by atoms with van der Waals surface area (Å²) in [5.41, 5.74) is 3.79. The van der Waals surface area contributed by atoms with E-state index in [1.807, 2.05) is 0 Å². The Morgan fingerprint density at radius 2 is 1.91 bits per heavy atom. The van der Waals surface area contributed by atoms with Gasteiger partial charge in [-0.3, -0.25) is 14.6 Å². The topological polar surface area (TPSA) is 76.5 Å². The number of aliphatic carboxylic acids is 1. The molecule has 1 aromatic rings. The van der Waals surface area contributed by atoms with E-state index in [4.69, 9.17) is 9.72 Å². The van der Waals surface area contributed by atoms with Crippen LogP contribution in [0.2, 0.25) is 0 Å². The molecule has 1 aromatic heterocycles. The molecule has 34 heavy (non-hydrogen) atoms. The van der Waals surface area contributed by atoms with Gasteiger partial charge in [0.2, 0.25) is 0 Å². The van der Waals surface area contributed by atoms with Crippen LogP contribution < -0.4 is 0 Å². The lowest BCUT2D eigenvalue weighted by molar-refractivity contribution is -0.155. The van der Waals surface area contributed by atoms with Gasteiger partial charge in [0.15, 0.2) is 0 Å². The number of rotatable bonds is 13. The number of carboxylic acid groups (broad SMARTS) is 1. The molecule has 1 fully saturated rings. The number of fused-ring (bicyclic) bond motifs is 1. The van der Waals surface area contributed by atoms with E-state index in [2.05, 4.69) is 12.1 Å². The summed E-state index contributed by atoms with van der Waals surface area (Å²) in [4.78, 5) is 28.6. The normalized spacial score (nSPS) is 21.9. The molecule has 2 unspecified atom stereocenters. The fraction of sp³-hybridized carbons (Fsp3) is 0.731. The number of carboxylic acids is 1. The Morgan fingerprint density at radius 3 is 2.59 bits per heavy atom. The molecule has 2 atom stereocenters. The molecule has 1 heterocycles. The molecule has 0 bridgehead atoms. The van der Waals surface area contributed by atoms with Crippen LogP contribution in [0, 0.1) is 17.8 Å². The van der Waals surface area contributed by atoms with Crippen molar-refractivity contribution in [2.75, 3.05) is 6.61 Å². The van der Waals surface area contributed by atoms with E-state index in [1.165, 1.54) is 31.0 Å². The molecule has 0 amide bonds. The quantitative estimate of drug-likeness (QED) is 0.389. The molecule has 1 N–H and O–H groups in total. The maximum atomic E-state index is 12.6. The first kappa shape index (κ1) is 26.6. The third-order valence-electron chi connectivity index (χ3n) is 7.28. The van der Waals surface area contributed by atoms with Gasteiger partial charge < -0.3 is 9.84 Å². The van der Waals surface area contributed by atoms with E-state index in [9.17, 15) is 27.9 Å². The number of carbonyl (C=O) groups is 2. The number of ketones is 1. The Bertz CT molecular complexity index is 836. The van der Waals surface area contributed by atoms with Gasteiger partial charge in [0.25, 0.3) is 0 Å². The van der Waals surface area contributed by atoms with Crippen molar-refractivity contribution in [1.82, 2.24) is 4.98 Å². The number of Topliss-reactive ketones (excluding diaryl/α,β-unsaturated/α-hetero) is 1. The molecule has 0 radical (unpaired) electrons. The molecular formula is C26H36F3NO4. The summed E-state index contributed by atoms with van der Waals surface area (Å²) in [6.45, 7) is 1.71. The number of carbonyl (C=O) groups excluding carboxylic acids is 1. The maximum Gasteiger partial charge on any atom is 0.389 e. The summed E-state index contributed by atoms with van der Waals surface area (Å²) in [5.74, 6) is -3.43. The molecule has 190 valence electrons. The van der Waals surface area contributed by atoms with Crippen LogP contribution in [0.15, 0.2) is 12.1 Å². The number of hydrogen-bond donors (Lipinski definition) is 1. The highest BCUT2D eigenvalue weighted by Crippen LogP contribution is 2.34. The summed E-state index contributed by atoms with van der Waals surface area (Å²) >= 11 is 0. The number of pyridine rings is 1. The lowest BCUT2D eigenvalue weighted by atomic mass is 9.79. The van der Waals surface area contributed by atoms with Gasteiger partial charge >= 0.3 is 12.1 Å². The van der Waals surface area contributed by atoms with Crippen LogP contribution in [-0.4, -0.2) is 40.7 Å². The van der Waals surface area contributed by atoms with Gasteiger partial charge in [-0.15, -0.1) is 0 Å². The Labute approximate surface area is 199 Å². The molecule has 1 saturated carbocycles. The van der Waals surface area contributed by atoms with Crippen molar-refractivity contribution >= 4 is 11.8 Å². The van der Waals surface area contributed by atoms with E-state index in [0.717, 1.165) is 44.2 Å². The highest BCUT2D eigenvalue weighted by atomic mass is 19.4. The number of alkyl halides is 3. The number of aromatic nitrogens is 1. The molecule has 0 saturated heterocycles. The second kappa shape index (κ2) is 12.1. The Kier molecular flexibility index (Phi) is 9.51. The summed E-state index contributed by atoms with van der Waals surface area (Å²) < 4.78 is 43.7. The second-order valence-corrected chi connectivity index (χ2v) is 9.90. The first-order chi connectivity index (χ1) is 16.1. The predicted octanol–water partition coefficient (Wildman–Crippen LogP) is 5.72. The monoisotopic (exact) mass is 483 g/mol. The minimum atomic E-state index is -4.44. The van der Waals surface area contributed by atoms with Crippen molar-refractivity contribution in [1.29, 1.82) is 0 Å². The SMILES string of the molecule is CCC(CC(F)(F)F)C(=O)CC(CCOC1CC(CCc2ccc3c(n2)CCCC3)C1)C(=O)O. The summed E-state index contributed by atoms with van der Waals surface area (Å²) in [6, 6.07) is 4.36. The molecule has 5 nitrogen and oxygen atoms in total. The molecular weight excluding hydrogens is 447 g/mol. The summed E-state index contributed by atoms with van der Waals surface area (Å²) in [6.07, 6.45) is 2.76. The lowest BCUT2D eigenvalue weighted by Crippen LogP contribution is -2.33. The predicted molar refractivity (Wildman–Crippen MR) is 121 cm³/mol. The third-order valence-corrected chi connectivity index (χ3v) is 7.28. The van der Waals surface area contributed by atoms with Crippen LogP contribution >= 0.6 is 0 Å². The Morgan fingerprint density at radius 1 is 1.18 bits per heavy atom. The van der Waals surface area contributed by atoms with Gasteiger partial charge in [-0.2, -0.15) is 13.2 Å². The smallest absolute Gasteiger partial charge is 0.389 e. The average molecular weight is 484 g/mol. The second-order valence-electron chi connectivity index (χ2n) is 9.90. The minimum Gasteiger partial charge on any atom is -0.481 e. The van der Waals surface area contributed by atoms with Crippen molar-refractivity contribution in [3.63, 3.8) is 0 Å². The van der Waals surface area contributed by atoms with Crippen molar-refractivity contribution in [3.05, 3.63) is 29.1 Å². The highest BCUT2D eigenvalue weighted by molar-refractivity contribution is 5.85. The number of aryl methyl sites for hydroxylation is 3. The first-order valence-electron chi connectivity index (χ1n) is 12.6. The zero-order valence-electron chi connectivity index (χ0n) is 19.9. The van der Waals surface area contributed by atoms with Crippen LogP contribution in [0.3, 0.4) is 0 Å². The third kappa shape index (κ3) is 8.07. The van der Waals surface area contributed by atoms with Crippen molar-refractivity contribution in [3.8, 4) is 0 Å². The van der Waals surface area contributed by atoms with E-state index in [-0.39, 0.29) is 32.0 Å². The molecule has 2 aliphatic rings. The summed E-state index contributed by atoms with van der Waals surface area (Å²) in [5, 5.41) is 9.40. The summed E-state index contributed by atoms with van der Waals surface area (Å²) in [7, 11) is 0. The molecule has 0 aromatic carbocycles. The average Bonchev–Trinajstić information content (AvgIpc) is 2.76. The van der Waals surface area contributed by atoms with Crippen LogP contribution in [0.4, 0.5) is 13.2 Å². The van der Waals surface area contributed by atoms with Gasteiger partial charge in [0.05, 0.1) is 18.4 Å². The lowest BCUT2D eigenvalue weighted by Gasteiger charge is -2.35. The van der Waals surface area contributed by atoms with Gasteiger partial charge in [-0.1, -0.05) is 13.0 Å². The highest BCUT2D eigenvalue weighted by Gasteiger charge is 2.36. The Hall–Kier alpha value is -1.96. The van der Waals surface area contributed by atoms with Crippen LogP contribution in [0.5, 0.6) is 0 Å². The number of hydrogen-bond acceptors (Lipinski definition) is 4. The number of nitrogens with zero attached hydrogens (tertiary/aromatic N) is 1. The van der Waals surface area contributed by atoms with E-state index >= 15 is 0 Å². The van der Waals surface area contributed by atoms with E-state index in [1.54, 1.807) is 0 Å². The van der Waals surface area contributed by atoms with Crippen molar-refractivity contribution in [2.45, 2.75) is 96.3 Å². The number of halogens is 3. The fourth-order valence-corrected chi connectivity index (χ4v) is 5.03. The molecule has 8 heteroatoms. The standard InChI is InChI=1S/C26H36F3NO4/c1-2-18(16-26(27,28)29)24(31)15-20(25(32)33)11-12-34-22-13-17(14-22)7-9-21-10-8-19-5-3-4-6-23(19)30-21/h8,10,17-18,20,22H,2-7,9,11-16H2,1H3,(H,32,33). The fourth-order valence-electron chi connectivity index (χ4n) is 5.03. The van der Waals surface area contributed by atoms with Crippen LogP contribution in [-0.2, 0) is 33.6 Å². The number of ether oxygens (including phenoxy) is 1. The van der Waals surface area contributed by atoms with Crippen LogP contribution in [0.1, 0.15) is 81.7 Å². The molecule has 0 spiro atoms. The molecule has 0 aliphatic heterocycles. The first-order valence-corrected chi connectivity index (χ1v) is 12.6. The maximum absolute atomic E-state index is 12.6. The molecule has 2 aliphatic carbocycles. The zero-order valence-corrected chi connectivity index (χ0v) is 19.9. The van der Waals surface area contributed by atoms with Crippen LogP contribution in [0.25, 0.3) is 0 Å². The van der Waals surface area contributed by atoms with Gasteiger partial charge in [-0.25, -0.2) is 0 Å². The van der Waals surface area contributed by atoms with E-state index in [0.29, 0.717) is 5.92 Å². The largest absolute Gasteiger partial charge is 0.481 e. The Balaban J connectivity index is 1.34. The van der Waals surface area contributed by atoms with Crippen molar-refractivity contribution in [2.24, 2.45) is 17.8 Å². The molecule has 3 rings (SSSR count). The van der Waals surface area contributed by atoms with Gasteiger partial charge in [0.1, 0.15) is 5.78 Å². The van der Waals surface area contributed by atoms with E-state index < -0.39 is 36.2 Å². The zero-order chi connectivity index (χ0) is 24.7. The van der Waals surface area contributed by atoms with Crippen molar-refractivity contribution < 1.29 is 32.6 Å².